The van der Waals surface area contributed by atoms with Crippen LogP contribution in [0.15, 0.2) is 144 Å². The van der Waals surface area contributed by atoms with E-state index in [9.17, 15) is 39.0 Å². The second kappa shape index (κ2) is 54.1. The fraction of sp³-hybridized carbons (Fsp3) is 0.463. The fourth-order valence-corrected chi connectivity index (χ4v) is 16.5. The van der Waals surface area contributed by atoms with Crippen LogP contribution in [0, 0.1) is 34.5 Å². The summed E-state index contributed by atoms with van der Waals surface area (Å²) in [6.07, 6.45) is -4.34. The molecule has 0 aliphatic carbocycles. The molecule has 51 nitrogen and oxygen atoms in total. The topological polar surface area (TPSA) is 677 Å². The Balaban J connectivity index is 0.000000249. The van der Waals surface area contributed by atoms with Crippen LogP contribution in [-0.4, -0.2) is 263 Å². The van der Waals surface area contributed by atoms with E-state index in [1.54, 1.807) is 114 Å². The molecular weight excluding hydrogens is 1900 g/mol. The number of anilines is 4. The smallest absolute Gasteiger partial charge is 0.333 e. The van der Waals surface area contributed by atoms with E-state index >= 15 is 8.78 Å². The number of pyridine rings is 2. The molecular formula is C82H105F2N29O22P4. The summed E-state index contributed by atoms with van der Waals surface area (Å²) in [5, 5.41) is 90.6. The Labute approximate surface area is 798 Å². The summed E-state index contributed by atoms with van der Waals surface area (Å²) >= 11 is 0. The maximum absolute atomic E-state index is 16.4. The monoisotopic (exact) mass is 2010 g/mol. The Morgan fingerprint density at radius 1 is 0.540 bits per heavy atom. The van der Waals surface area contributed by atoms with Gasteiger partial charge in [-0.25, -0.2) is 42.5 Å². The predicted molar refractivity (Wildman–Crippen MR) is 495 cm³/mol. The van der Waals surface area contributed by atoms with Crippen molar-refractivity contribution >= 4 is 126 Å². The van der Waals surface area contributed by atoms with Crippen molar-refractivity contribution < 1.29 is 107 Å². The summed E-state index contributed by atoms with van der Waals surface area (Å²) in [6, 6.07) is 32.7. The number of fused-ring (bicyclic) bond motifs is 4. The van der Waals surface area contributed by atoms with Gasteiger partial charge in [0.15, 0.2) is 93.5 Å². The molecule has 4 fully saturated rings. The van der Waals surface area contributed by atoms with Crippen LogP contribution in [0.25, 0.3) is 44.7 Å². The van der Waals surface area contributed by atoms with Gasteiger partial charge in [-0.3, -0.25) is 59.3 Å². The third-order valence-electron chi connectivity index (χ3n) is 20.1. The van der Waals surface area contributed by atoms with Crippen LogP contribution >= 0.6 is 34.5 Å². The maximum Gasteiger partial charge on any atom is 0.333 e. The molecule has 4 saturated heterocycles. The largest absolute Gasteiger partial charge is 0.394 e. The zero-order valence-electron chi connectivity index (χ0n) is 76.2. The van der Waals surface area contributed by atoms with Crippen molar-refractivity contribution in [3.05, 3.63) is 166 Å². The summed E-state index contributed by atoms with van der Waals surface area (Å²) in [5.74, 6) is -2.14. The summed E-state index contributed by atoms with van der Waals surface area (Å²) in [5.41, 5.74) is 0.0720. The highest BCUT2D eigenvalue weighted by atomic mass is 31.2. The number of H-pyrrole nitrogens is 2. The Morgan fingerprint density at radius 2 is 0.921 bits per heavy atom. The van der Waals surface area contributed by atoms with Gasteiger partial charge in [0.25, 0.3) is 31.5 Å². The lowest BCUT2D eigenvalue weighted by molar-refractivity contribution is -0.119. The van der Waals surface area contributed by atoms with E-state index in [-0.39, 0.29) is 165 Å². The number of alkyl halides is 2. The van der Waals surface area contributed by atoms with E-state index < -0.39 is 138 Å². The van der Waals surface area contributed by atoms with E-state index in [1.165, 1.54) is 22.0 Å². The third kappa shape index (κ3) is 29.1. The summed E-state index contributed by atoms with van der Waals surface area (Å²) in [7, 11) is -5.67. The van der Waals surface area contributed by atoms with E-state index in [0.717, 1.165) is 9.36 Å². The first-order chi connectivity index (χ1) is 67.0. The molecule has 16 rings (SSSR count). The average molecular weight is 2010 g/mol. The minimum absolute atomic E-state index is 0. The molecule has 14 heterocycles. The number of aromatic amines is 2. The molecule has 2 aromatic carbocycles. The number of halogens is 2. The minimum atomic E-state index is -2.32. The summed E-state index contributed by atoms with van der Waals surface area (Å²) < 4.78 is 110. The number of carbonyl (C=O) groups excluding carboxylic acids is 4. The van der Waals surface area contributed by atoms with Crippen LogP contribution < -0.4 is 32.4 Å². The van der Waals surface area contributed by atoms with Gasteiger partial charge in [0.05, 0.1) is 75.8 Å². The van der Waals surface area contributed by atoms with Gasteiger partial charge in [0, 0.05) is 75.5 Å². The van der Waals surface area contributed by atoms with Crippen molar-refractivity contribution in [2.24, 2.45) is 11.8 Å². The molecule has 0 spiro atoms. The van der Waals surface area contributed by atoms with Gasteiger partial charge in [0.1, 0.15) is 37.1 Å². The summed E-state index contributed by atoms with van der Waals surface area (Å²) in [6.45, 7) is 18.1. The number of rotatable bonds is 31. The lowest BCUT2D eigenvalue weighted by Gasteiger charge is -2.37. The fourth-order valence-electron chi connectivity index (χ4n) is 13.6. The lowest BCUT2D eigenvalue weighted by atomic mass is 10.1. The van der Waals surface area contributed by atoms with E-state index in [2.05, 4.69) is 118 Å². The average Bonchev–Trinajstić information content (AvgIpc) is 1.62. The van der Waals surface area contributed by atoms with Gasteiger partial charge < -0.3 is 77.3 Å². The van der Waals surface area contributed by atoms with Gasteiger partial charge in [-0.2, -0.15) is 39.2 Å². The number of nitrogens with zero attached hydrogens (tertiary/aromatic N) is 23. The maximum atomic E-state index is 16.4. The molecule has 0 radical (unpaired) electrons. The molecule has 11 N–H and O–H groups in total. The van der Waals surface area contributed by atoms with Crippen LogP contribution in [0.2, 0.25) is 0 Å². The zero-order valence-corrected chi connectivity index (χ0v) is 79.7. The molecule has 139 heavy (non-hydrogen) atoms. The Bertz CT molecular complexity index is 6080. The molecule has 12 aromatic rings. The van der Waals surface area contributed by atoms with Crippen molar-refractivity contribution in [3.8, 4) is 12.1 Å². The van der Waals surface area contributed by atoms with Gasteiger partial charge in [-0.1, -0.05) is 111 Å². The molecule has 0 saturated carbocycles. The number of aliphatic hydroxyl groups is 3. The second-order valence-electron chi connectivity index (χ2n) is 31.1. The number of benzene rings is 2. The third-order valence-corrected chi connectivity index (χ3v) is 23.4. The Morgan fingerprint density at radius 3 is 1.29 bits per heavy atom. The minimum Gasteiger partial charge on any atom is -0.394 e. The molecule has 4 amide bonds. The number of nitrogens with one attached hydrogen (secondary N) is 6. The lowest BCUT2D eigenvalue weighted by Crippen LogP contribution is -2.38. The first-order valence-electron chi connectivity index (χ1n) is 43.1. The van der Waals surface area contributed by atoms with E-state index in [0.29, 0.717) is 24.0 Å². The van der Waals surface area contributed by atoms with Crippen molar-refractivity contribution in [2.45, 2.75) is 206 Å². The van der Waals surface area contributed by atoms with Gasteiger partial charge in [0.2, 0.25) is 23.7 Å². The molecule has 4 aliphatic rings. The SMILES string of the molecule is CC(C)C(=O)Nc1nc2c(nnn2[C@@H]2O[C@H](CO)C[C@@H]2O)c(=O)[nH]1.CC[C@H]1O[C@@H](n2nnc3c(NC(=O)c4ccccc4)ncnc32)C(F)[C@H]1OP(OCCC#N)N(C(C)C)C(C)C.CC[C@H]1O[C@@H](n2nnc3c(NC(=O)c4ccccc4)ncnc32)[C@@H](F)[C@@H]1OP(OCCC#N)OC[C@@H]1C[C@H](O)[C@H](n2nnc3c(=O)[nH]c(NC(=O)C(C)C)nc32)O1.O=PO.O=PO.[HH].[HH].c1ccncc1.c1ccncc1. The zero-order chi connectivity index (χ0) is 100. The van der Waals surface area contributed by atoms with Crippen LogP contribution in [0.1, 0.15) is 156 Å². The summed E-state index contributed by atoms with van der Waals surface area (Å²) in [4.78, 5) is 126. The normalized spacial score (nSPS) is 21.2. The van der Waals surface area contributed by atoms with Gasteiger partial charge in [-0.05, 0) is 89.1 Å². The number of ether oxygens (including phenoxy) is 4. The molecule has 4 aliphatic heterocycles. The first kappa shape index (κ1) is 108. The van der Waals surface area contributed by atoms with Crippen LogP contribution in [0.3, 0.4) is 0 Å². The Kier molecular flexibility index (Phi) is 42.2. The number of hydrogen-bond acceptors (Lipinski definition) is 39. The van der Waals surface area contributed by atoms with Crippen molar-refractivity contribution in [3.63, 3.8) is 0 Å². The van der Waals surface area contributed by atoms with Crippen LogP contribution in [-0.2, 0) is 60.3 Å². The van der Waals surface area contributed by atoms with Crippen LogP contribution in [0.5, 0.6) is 0 Å². The molecule has 10 aromatic heterocycles. The number of carbonyl (C=O) groups is 4. The van der Waals surface area contributed by atoms with Crippen molar-refractivity contribution in [1.82, 2.24) is 114 Å². The van der Waals surface area contributed by atoms with Gasteiger partial charge in [-0.15, -0.1) is 20.4 Å². The van der Waals surface area contributed by atoms with Crippen molar-refractivity contribution in [1.29, 1.82) is 10.5 Å². The number of amides is 4. The second-order valence-corrected chi connectivity index (χ2v) is 34.0. The quantitative estimate of drug-likeness (QED) is 0.0142. The highest BCUT2D eigenvalue weighted by molar-refractivity contribution is 7.44. The predicted octanol–water partition coefficient (Wildman–Crippen LogP) is 9.01. The van der Waals surface area contributed by atoms with Crippen LogP contribution in [0.4, 0.5) is 32.3 Å². The number of hydrogen-bond donors (Lipinski definition) is 11. The van der Waals surface area contributed by atoms with Crippen molar-refractivity contribution in [2.75, 3.05) is 47.7 Å². The molecule has 0 bridgehead atoms. The standard InChI is InChI=1S/C33H37FN13O9P.C26H34FN8O4P.C13H18N6O5.2C5H5N.2HO2P.2H2/c1-4-20-24(21(34)32(55-20)46-26-22(42-44-46)25(36-15-37-26)38-29(50)17-9-6-5-7-10-17)56-57(52-12-8-11-35)53-14-18-13-19(48)31(54-18)47-27-23(43-45-47)30(51)41-33(39-27)40-28(49)16(2)3;1-6-19-22(39-40(37-14-10-13-28)35(16(2)3)17(4)5)20(27)26(38-19)34-24-21(32-33-34)23(29-15-30-24)31-25(36)18-11-8-7-9-12-18;1-5(2)10(22)15-13-14-9-8(11(23)16-13)17-18-19(9)12-7(21)3-6(4-20)24-12;2*1-2-4-6-5-3-1;2*1-3-2;;/h5-7,9-10,15-16,18-21,24,31-32,48H,4,8,12-14H2,1-3H3,(H,36,37,38,50)(H2,39,40,41,49,51);7-9,11-12,15-17,19-20,22,26H,6,10,14H2,1-5H3,(H,29,30,31,36);5-7,12,20-21H,3-4H2,1-2H3,(H2,14,15,16,22,23);2*1-5H;2*(H,1,2);2*1H/t18-,19-,20+,21-,24+,31+,32+,57?;19-,20?,22+,26-,40?;6-,7-,12+;;;;;;/m010....../s1. The number of aromatic nitrogens is 22. The first-order valence-corrected chi connectivity index (χ1v) is 46.8. The molecule has 3 unspecified atom stereocenters. The molecule has 16 atom stereocenters. The highest BCUT2D eigenvalue weighted by Gasteiger charge is 2.52. The van der Waals surface area contributed by atoms with Gasteiger partial charge >= 0.3 is 26.0 Å². The van der Waals surface area contributed by atoms with E-state index in [4.69, 9.17) is 76.1 Å². The number of aliphatic hydroxyl groups excluding tert-OH is 3. The number of nitriles is 2. The molecule has 744 valence electrons. The van der Waals surface area contributed by atoms with E-state index in [1.807, 2.05) is 87.8 Å². The highest BCUT2D eigenvalue weighted by Crippen LogP contribution is 2.52. The Hall–Kier alpha value is -12.6. The molecule has 57 heteroatoms.